The summed E-state index contributed by atoms with van der Waals surface area (Å²) in [5, 5.41) is 17.2. The summed E-state index contributed by atoms with van der Waals surface area (Å²) in [6.07, 6.45) is 6.93. The minimum absolute atomic E-state index is 0.211. The van der Waals surface area contributed by atoms with E-state index in [1.54, 1.807) is 6.07 Å². The smallest absolute Gasteiger partial charge is 0.338 e. The zero-order valence-electron chi connectivity index (χ0n) is 23.5. The van der Waals surface area contributed by atoms with Crippen LogP contribution in [0.1, 0.15) is 79.9 Å². The van der Waals surface area contributed by atoms with Crippen molar-refractivity contribution in [1.82, 2.24) is 0 Å². The van der Waals surface area contributed by atoms with Crippen molar-refractivity contribution in [3.8, 4) is 6.07 Å². The molecular weight excluding hydrogens is 522 g/mol. The molecule has 2 aliphatic carbocycles. The molecule has 1 fully saturated rings. The number of carbonyl (C=O) groups is 1. The molecule has 2 unspecified atom stereocenters. The first-order valence-electron chi connectivity index (χ1n) is 14.8. The number of hydrogen-bond acceptors (Lipinski definition) is 5. The molecule has 0 saturated heterocycles. The van der Waals surface area contributed by atoms with Gasteiger partial charge in [-0.3, -0.25) is 5.01 Å². The molecule has 0 N–H and O–H groups in total. The number of ether oxygens (including phenoxy) is 1. The summed E-state index contributed by atoms with van der Waals surface area (Å²) in [6, 6.07) is 18.9. The van der Waals surface area contributed by atoms with Gasteiger partial charge in [-0.1, -0.05) is 69.4 Å². The lowest BCUT2D eigenvalue weighted by molar-refractivity contribution is 0.0524. The number of anilines is 1. The monoisotopic (exact) mass is 561 g/mol. The topological polar surface area (TPSA) is 65.7 Å². The van der Waals surface area contributed by atoms with Crippen molar-refractivity contribution in [3.63, 3.8) is 0 Å². The lowest BCUT2D eigenvalue weighted by atomic mass is 9.75. The number of nitrogens with zero attached hydrogens (tertiary/aromatic N) is 3. The Kier molecular flexibility index (Phi) is 8.49. The first kappa shape index (κ1) is 27.9. The van der Waals surface area contributed by atoms with Crippen molar-refractivity contribution in [2.24, 2.45) is 16.9 Å². The Hall–Kier alpha value is -2.62. The molecule has 7 heteroatoms. The normalized spacial score (nSPS) is 20.8. The summed E-state index contributed by atoms with van der Waals surface area (Å²) >= 11 is 6.44. The van der Waals surface area contributed by atoms with E-state index >= 15 is 0 Å². The second kappa shape index (κ2) is 11.9. The predicted molar refractivity (Wildman–Crippen MR) is 161 cm³/mol. The average molecular weight is 562 g/mol. The number of rotatable bonds is 9. The number of nitriles is 1. The fourth-order valence-corrected chi connectivity index (χ4v) is 10.5. The van der Waals surface area contributed by atoms with Gasteiger partial charge in [0.2, 0.25) is 0 Å². The Labute approximate surface area is 239 Å². The van der Waals surface area contributed by atoms with E-state index in [-0.39, 0.29) is 5.97 Å². The highest BCUT2D eigenvalue weighted by Gasteiger charge is 2.45. The van der Waals surface area contributed by atoms with E-state index in [4.69, 9.17) is 21.4 Å². The maximum atomic E-state index is 13.0. The van der Waals surface area contributed by atoms with Crippen molar-refractivity contribution in [1.29, 1.82) is 5.26 Å². The molecule has 2 aromatic carbocycles. The van der Waals surface area contributed by atoms with Crippen molar-refractivity contribution < 1.29 is 9.53 Å². The zero-order chi connectivity index (χ0) is 27.6. The van der Waals surface area contributed by atoms with E-state index in [0.717, 1.165) is 35.8 Å². The molecule has 0 bridgehead atoms. The zero-order valence-corrected chi connectivity index (χ0v) is 25.3. The quantitative estimate of drug-likeness (QED) is 0.228. The van der Waals surface area contributed by atoms with Gasteiger partial charge in [-0.15, -0.1) is 0 Å². The third kappa shape index (κ3) is 5.41. The highest BCUT2D eigenvalue weighted by Crippen LogP contribution is 2.45. The summed E-state index contributed by atoms with van der Waals surface area (Å²) < 4.78 is 5.78. The second-order valence-electron chi connectivity index (χ2n) is 11.6. The summed E-state index contributed by atoms with van der Waals surface area (Å²) in [5.41, 5.74) is 5.54. The van der Waals surface area contributed by atoms with Gasteiger partial charge in [-0.25, -0.2) is 4.79 Å². The van der Waals surface area contributed by atoms with E-state index in [9.17, 15) is 10.1 Å². The van der Waals surface area contributed by atoms with Crippen LogP contribution in [0.4, 0.5) is 5.69 Å². The molecule has 0 spiro atoms. The minimum Gasteiger partial charge on any atom is -0.462 e. The van der Waals surface area contributed by atoms with Crippen LogP contribution in [0.25, 0.3) is 0 Å². The number of fused-ring (bicyclic) bond motifs is 3. The molecule has 2 atom stereocenters. The molecule has 5 nitrogen and oxygen atoms in total. The molecule has 2 aromatic rings. The molecule has 5 rings (SSSR count). The van der Waals surface area contributed by atoms with Gasteiger partial charge >= 0.3 is 5.97 Å². The van der Waals surface area contributed by atoms with Gasteiger partial charge < -0.3 is 4.74 Å². The summed E-state index contributed by atoms with van der Waals surface area (Å²) in [5.74, 6) is 0.728. The lowest BCUT2D eigenvalue weighted by Crippen LogP contribution is -2.40. The van der Waals surface area contributed by atoms with Crippen molar-refractivity contribution >= 4 is 37.0 Å². The molecular formula is C32H40ClN3O2Si. The van der Waals surface area contributed by atoms with Crippen LogP contribution in [0.3, 0.4) is 0 Å². The molecule has 0 aromatic heterocycles. The standard InChI is InChI=1S/C32H40ClN3O2Si/c1-4-39(5-2,6-3)18-17-38-32(37)24-13-15-27-23(19-24)12-16-28-30(27)35-36(31(28)22-9-7-8-10-22)26-14-11-25(21-34)29(33)20-26/h11,13-15,19-20,22,28,31H,4-10,12,16-18H2,1-3H3. The van der Waals surface area contributed by atoms with Crippen molar-refractivity contribution in [2.45, 2.75) is 89.5 Å². The first-order chi connectivity index (χ1) is 18.9. The number of aryl methyl sites for hydroxylation is 1. The second-order valence-corrected chi connectivity index (χ2v) is 17.6. The summed E-state index contributed by atoms with van der Waals surface area (Å²) in [6.45, 7) is 7.39. The molecule has 1 aliphatic heterocycles. The van der Waals surface area contributed by atoms with Crippen LogP contribution in [-0.4, -0.2) is 32.4 Å². The van der Waals surface area contributed by atoms with Crippen LogP contribution in [-0.2, 0) is 11.2 Å². The van der Waals surface area contributed by atoms with Crippen LogP contribution in [0.2, 0.25) is 29.2 Å². The molecule has 0 radical (unpaired) electrons. The van der Waals surface area contributed by atoms with Gasteiger partial charge in [0, 0.05) is 11.5 Å². The maximum absolute atomic E-state index is 13.0. The largest absolute Gasteiger partial charge is 0.462 e. The Morgan fingerprint density at radius 2 is 1.85 bits per heavy atom. The van der Waals surface area contributed by atoms with E-state index in [2.05, 4.69) is 37.9 Å². The number of carbonyl (C=O) groups excluding carboxylic acids is 1. The molecule has 39 heavy (non-hydrogen) atoms. The number of esters is 1. The highest BCUT2D eigenvalue weighted by atomic mass is 35.5. The van der Waals surface area contributed by atoms with E-state index in [1.807, 2.05) is 24.3 Å². The minimum atomic E-state index is -1.31. The van der Waals surface area contributed by atoms with Gasteiger partial charge in [-0.05, 0) is 73.5 Å². The molecule has 1 heterocycles. The lowest BCUT2D eigenvalue weighted by Gasteiger charge is -2.34. The predicted octanol–water partition coefficient (Wildman–Crippen LogP) is 8.22. The Morgan fingerprint density at radius 1 is 1.10 bits per heavy atom. The van der Waals surface area contributed by atoms with Crippen LogP contribution in [0.15, 0.2) is 41.5 Å². The number of hydrazone groups is 1. The Balaban J connectivity index is 1.39. The van der Waals surface area contributed by atoms with Crippen molar-refractivity contribution in [3.05, 3.63) is 63.7 Å². The number of halogens is 1. The van der Waals surface area contributed by atoms with Crippen LogP contribution in [0.5, 0.6) is 0 Å². The van der Waals surface area contributed by atoms with Gasteiger partial charge in [0.05, 0.1) is 48.3 Å². The molecule has 3 aliphatic rings. The van der Waals surface area contributed by atoms with Gasteiger partial charge in [0.15, 0.2) is 0 Å². The first-order valence-corrected chi connectivity index (χ1v) is 18.0. The van der Waals surface area contributed by atoms with E-state index < -0.39 is 8.07 Å². The Morgan fingerprint density at radius 3 is 2.51 bits per heavy atom. The van der Waals surface area contributed by atoms with Gasteiger partial charge in [0.1, 0.15) is 6.07 Å². The average Bonchev–Trinajstić information content (AvgIpc) is 3.63. The van der Waals surface area contributed by atoms with Gasteiger partial charge in [-0.2, -0.15) is 10.4 Å². The fraction of sp³-hybridized carbons (Fsp3) is 0.531. The van der Waals surface area contributed by atoms with E-state index in [1.165, 1.54) is 49.4 Å². The molecule has 206 valence electrons. The van der Waals surface area contributed by atoms with Crippen LogP contribution in [0, 0.1) is 23.2 Å². The molecule has 0 amide bonds. The number of hydrogen-bond donors (Lipinski definition) is 0. The van der Waals surface area contributed by atoms with Crippen LogP contribution >= 0.6 is 11.6 Å². The van der Waals surface area contributed by atoms with Crippen LogP contribution < -0.4 is 5.01 Å². The number of benzene rings is 2. The highest BCUT2D eigenvalue weighted by molar-refractivity contribution is 6.79. The van der Waals surface area contributed by atoms with E-state index in [0.29, 0.717) is 40.6 Å². The fourth-order valence-electron chi connectivity index (χ4n) is 7.16. The van der Waals surface area contributed by atoms with Gasteiger partial charge in [0.25, 0.3) is 0 Å². The summed E-state index contributed by atoms with van der Waals surface area (Å²) in [4.78, 5) is 13.0. The maximum Gasteiger partial charge on any atom is 0.338 e. The Bertz CT molecular complexity index is 1280. The summed E-state index contributed by atoms with van der Waals surface area (Å²) in [7, 11) is -1.31. The van der Waals surface area contributed by atoms with Crippen molar-refractivity contribution in [2.75, 3.05) is 11.6 Å². The third-order valence-corrected chi connectivity index (χ3v) is 16.0. The molecule has 1 saturated carbocycles. The third-order valence-electron chi connectivity index (χ3n) is 9.94. The SMILES string of the molecule is CC[Si](CC)(CC)CCOC(=O)c1ccc2c(c1)CCC1C2=NN(c2ccc(C#N)c(Cl)c2)C1C1CCCC1.